The summed E-state index contributed by atoms with van der Waals surface area (Å²) in [6, 6.07) is 18.8. The molecule has 2 aromatic carbocycles. The van der Waals surface area contributed by atoms with Crippen LogP contribution in [0, 0.1) is 0 Å². The first-order valence-corrected chi connectivity index (χ1v) is 13.0. The second-order valence-electron chi connectivity index (χ2n) is 9.34. The summed E-state index contributed by atoms with van der Waals surface area (Å²) in [5.41, 5.74) is 2.61. The average Bonchev–Trinajstić information content (AvgIpc) is 3.51. The van der Waals surface area contributed by atoms with E-state index in [1.807, 2.05) is 53.1 Å². The molecule has 0 saturated heterocycles. The highest BCUT2D eigenvalue weighted by Gasteiger charge is 2.51. The van der Waals surface area contributed by atoms with E-state index in [4.69, 9.17) is 23.2 Å². The lowest BCUT2D eigenvalue weighted by atomic mass is 10.1. The lowest BCUT2D eigenvalue weighted by molar-refractivity contribution is -0.124. The van der Waals surface area contributed by atoms with Gasteiger partial charge in [-0.2, -0.15) is 4.80 Å². The van der Waals surface area contributed by atoms with Crippen LogP contribution in [-0.4, -0.2) is 47.1 Å². The molecule has 5 aromatic rings. The van der Waals surface area contributed by atoms with E-state index in [0.717, 1.165) is 22.2 Å². The molecule has 12 heteroatoms. The Morgan fingerprint density at radius 2 is 1.79 bits per heavy atom. The Bertz CT molecular complexity index is 1720. The maximum Gasteiger partial charge on any atom is 0.255 e. The number of tetrazole rings is 1. The summed E-state index contributed by atoms with van der Waals surface area (Å²) in [5.74, 6) is -0.241. The number of aryl methyl sites for hydroxylation is 1. The van der Waals surface area contributed by atoms with Crippen molar-refractivity contribution in [2.45, 2.75) is 24.9 Å². The van der Waals surface area contributed by atoms with Crippen LogP contribution in [0.5, 0.6) is 0 Å². The first kappa shape index (κ1) is 25.0. The minimum atomic E-state index is -0.935. The fraction of sp³-hybridized carbons (Fsp3) is 0.185. The molecule has 6 rings (SSSR count). The number of amides is 2. The first-order valence-electron chi connectivity index (χ1n) is 12.2. The third-order valence-electron chi connectivity index (χ3n) is 6.72. The van der Waals surface area contributed by atoms with Gasteiger partial charge in [0.1, 0.15) is 16.4 Å². The standard InChI is InChI=1S/C27H22Cl2N8O2/c1-36-34-24(33-35-36)22-21(28)18-5-2-3-7-20(18)37(22)17-10-8-16(9-11-17)15-31-26(39)27(12-13-27)32-25(38)19-6-4-14-30-23(19)29/h2-11,14H,12-13,15H2,1H3,(H,31,39)(H,32,38). The van der Waals surface area contributed by atoms with Crippen molar-refractivity contribution in [3.8, 4) is 17.2 Å². The summed E-state index contributed by atoms with van der Waals surface area (Å²) < 4.78 is 2.00. The number of rotatable bonds is 7. The molecule has 196 valence electrons. The van der Waals surface area contributed by atoms with E-state index in [9.17, 15) is 9.59 Å². The highest BCUT2D eigenvalue weighted by atomic mass is 35.5. The lowest BCUT2D eigenvalue weighted by Gasteiger charge is -2.18. The van der Waals surface area contributed by atoms with E-state index in [2.05, 4.69) is 31.0 Å². The molecule has 2 N–H and O–H groups in total. The lowest BCUT2D eigenvalue weighted by Crippen LogP contribution is -2.48. The molecule has 1 saturated carbocycles. The SMILES string of the molecule is Cn1nnc(-c2c(Cl)c3ccccc3n2-c2ccc(CNC(=O)C3(NC(=O)c4cccnc4Cl)CC3)cc2)n1. The number of aromatic nitrogens is 6. The molecule has 1 aliphatic rings. The minimum absolute atomic E-state index is 0.0984. The van der Waals surface area contributed by atoms with Gasteiger partial charge in [0.25, 0.3) is 5.91 Å². The normalized spacial score (nSPS) is 13.8. The fourth-order valence-corrected chi connectivity index (χ4v) is 5.07. The average molecular weight is 561 g/mol. The van der Waals surface area contributed by atoms with Crippen LogP contribution in [0.2, 0.25) is 10.2 Å². The maximum absolute atomic E-state index is 13.0. The summed E-state index contributed by atoms with van der Waals surface area (Å²) in [6.45, 7) is 0.302. The van der Waals surface area contributed by atoms with Crippen LogP contribution in [0.4, 0.5) is 0 Å². The Labute approximate surface area is 232 Å². The van der Waals surface area contributed by atoms with Gasteiger partial charge in [-0.25, -0.2) is 4.98 Å². The Morgan fingerprint density at radius 3 is 2.49 bits per heavy atom. The largest absolute Gasteiger partial charge is 0.350 e. The van der Waals surface area contributed by atoms with Gasteiger partial charge in [-0.3, -0.25) is 9.59 Å². The van der Waals surface area contributed by atoms with Crippen molar-refractivity contribution in [1.29, 1.82) is 0 Å². The van der Waals surface area contributed by atoms with Crippen LogP contribution in [0.3, 0.4) is 0 Å². The van der Waals surface area contributed by atoms with Gasteiger partial charge < -0.3 is 15.2 Å². The number of pyridine rings is 1. The number of benzene rings is 2. The molecule has 0 atom stereocenters. The zero-order valence-corrected chi connectivity index (χ0v) is 22.2. The number of fused-ring (bicyclic) bond motifs is 1. The number of para-hydroxylation sites is 1. The van der Waals surface area contributed by atoms with Gasteiger partial charge >= 0.3 is 0 Å². The van der Waals surface area contributed by atoms with E-state index in [1.165, 1.54) is 11.0 Å². The predicted octanol–water partition coefficient (Wildman–Crippen LogP) is 4.10. The van der Waals surface area contributed by atoms with Crippen molar-refractivity contribution in [2.75, 3.05) is 0 Å². The molecule has 10 nitrogen and oxygen atoms in total. The van der Waals surface area contributed by atoms with Crippen molar-refractivity contribution in [1.82, 2.24) is 40.4 Å². The van der Waals surface area contributed by atoms with Crippen LogP contribution in [0.1, 0.15) is 28.8 Å². The summed E-state index contributed by atoms with van der Waals surface area (Å²) in [5, 5.41) is 19.8. The second-order valence-corrected chi connectivity index (χ2v) is 10.1. The third-order valence-corrected chi connectivity index (χ3v) is 7.41. The molecular weight excluding hydrogens is 539 g/mol. The Hall–Kier alpha value is -4.28. The number of carbonyl (C=O) groups is 2. The molecule has 0 radical (unpaired) electrons. The molecule has 0 unspecified atom stereocenters. The van der Waals surface area contributed by atoms with Gasteiger partial charge in [0.15, 0.2) is 0 Å². The van der Waals surface area contributed by atoms with Gasteiger partial charge in [-0.1, -0.05) is 53.5 Å². The quantitative estimate of drug-likeness (QED) is 0.289. The first-order chi connectivity index (χ1) is 18.9. The number of nitrogens with one attached hydrogen (secondary N) is 2. The molecule has 0 spiro atoms. The highest BCUT2D eigenvalue weighted by Crippen LogP contribution is 2.38. The van der Waals surface area contributed by atoms with Crippen LogP contribution < -0.4 is 10.6 Å². The molecule has 1 aliphatic carbocycles. The molecule has 2 amide bonds. The van der Waals surface area contributed by atoms with Gasteiger partial charge in [0.2, 0.25) is 11.7 Å². The number of halogens is 2. The molecule has 3 heterocycles. The van der Waals surface area contributed by atoms with Crippen LogP contribution in [-0.2, 0) is 18.4 Å². The van der Waals surface area contributed by atoms with Crippen LogP contribution >= 0.6 is 23.2 Å². The topological polar surface area (TPSA) is 120 Å². The van der Waals surface area contributed by atoms with Gasteiger partial charge in [0.05, 0.1) is 23.2 Å². The number of hydrogen-bond donors (Lipinski definition) is 2. The van der Waals surface area contributed by atoms with Crippen molar-refractivity contribution in [3.05, 3.63) is 88.2 Å². The van der Waals surface area contributed by atoms with Gasteiger partial charge in [-0.05, 0) is 54.0 Å². The van der Waals surface area contributed by atoms with E-state index in [-0.39, 0.29) is 16.6 Å². The summed E-state index contributed by atoms with van der Waals surface area (Å²) in [6.07, 6.45) is 2.62. The predicted molar refractivity (Wildman–Crippen MR) is 147 cm³/mol. The van der Waals surface area contributed by atoms with Gasteiger partial charge in [-0.15, -0.1) is 10.2 Å². The van der Waals surface area contributed by atoms with Crippen molar-refractivity contribution < 1.29 is 9.59 Å². The zero-order chi connectivity index (χ0) is 27.1. The molecule has 0 bridgehead atoms. The summed E-state index contributed by atoms with van der Waals surface area (Å²) in [4.78, 5) is 31.0. The molecule has 3 aromatic heterocycles. The molecular formula is C27H22Cl2N8O2. The Balaban J connectivity index is 1.20. The number of nitrogens with zero attached hydrogens (tertiary/aromatic N) is 6. The smallest absolute Gasteiger partial charge is 0.255 e. The number of carbonyl (C=O) groups excluding carboxylic acids is 2. The van der Waals surface area contributed by atoms with Crippen LogP contribution in [0.25, 0.3) is 28.1 Å². The summed E-state index contributed by atoms with van der Waals surface area (Å²) in [7, 11) is 1.70. The Morgan fingerprint density at radius 1 is 1.03 bits per heavy atom. The van der Waals surface area contributed by atoms with E-state index in [1.54, 1.807) is 19.2 Å². The van der Waals surface area contributed by atoms with Crippen molar-refractivity contribution >= 4 is 45.9 Å². The van der Waals surface area contributed by atoms with E-state index >= 15 is 0 Å². The fourth-order valence-electron chi connectivity index (χ4n) is 4.53. The maximum atomic E-state index is 13.0. The van der Waals surface area contributed by atoms with Crippen molar-refractivity contribution in [3.63, 3.8) is 0 Å². The van der Waals surface area contributed by atoms with Crippen LogP contribution in [0.15, 0.2) is 66.9 Å². The summed E-state index contributed by atoms with van der Waals surface area (Å²) >= 11 is 12.8. The molecule has 39 heavy (non-hydrogen) atoms. The highest BCUT2D eigenvalue weighted by molar-refractivity contribution is 6.38. The van der Waals surface area contributed by atoms with E-state index < -0.39 is 11.4 Å². The van der Waals surface area contributed by atoms with Gasteiger partial charge in [0, 0.05) is 23.8 Å². The van der Waals surface area contributed by atoms with E-state index in [0.29, 0.717) is 35.9 Å². The van der Waals surface area contributed by atoms with Crippen molar-refractivity contribution in [2.24, 2.45) is 7.05 Å². The minimum Gasteiger partial charge on any atom is -0.350 e. The molecule has 0 aliphatic heterocycles. The zero-order valence-electron chi connectivity index (χ0n) is 20.7. The Kier molecular flexibility index (Phi) is 6.28. The third kappa shape index (κ3) is 4.62. The number of hydrogen-bond acceptors (Lipinski definition) is 6. The monoisotopic (exact) mass is 560 g/mol. The second kappa shape index (κ2) is 9.79. The molecule has 1 fully saturated rings.